The van der Waals surface area contributed by atoms with E-state index in [1.165, 1.54) is 0 Å². The second-order valence-corrected chi connectivity index (χ2v) is 8.73. The molecule has 0 bridgehead atoms. The van der Waals surface area contributed by atoms with E-state index >= 15 is 0 Å². The molecule has 0 radical (unpaired) electrons. The molecule has 0 fully saturated rings. The molecule has 0 atom stereocenters. The molecule has 0 amide bonds. The normalized spacial score (nSPS) is 12.7. The van der Waals surface area contributed by atoms with Crippen molar-refractivity contribution in [3.63, 3.8) is 0 Å². The summed E-state index contributed by atoms with van der Waals surface area (Å²) < 4.78 is 7.65. The first-order chi connectivity index (χ1) is 12.1. The third-order valence-electron chi connectivity index (χ3n) is 4.17. The van der Waals surface area contributed by atoms with Crippen molar-refractivity contribution in [1.82, 2.24) is 14.6 Å². The zero-order valence-corrected chi connectivity index (χ0v) is 16.4. The summed E-state index contributed by atoms with van der Waals surface area (Å²) in [7, 11) is 0. The zero-order valence-electron chi connectivity index (χ0n) is 16.4. The number of hydrogen-bond donors (Lipinski definition) is 2. The summed E-state index contributed by atoms with van der Waals surface area (Å²) in [6.07, 6.45) is 2.75. The number of aromatic nitrogens is 3. The molecule has 140 valence electrons. The molecule has 3 heterocycles. The summed E-state index contributed by atoms with van der Waals surface area (Å²) in [5.41, 5.74) is 6.24. The zero-order chi connectivity index (χ0) is 19.1. The Morgan fingerprint density at radius 1 is 1.15 bits per heavy atom. The summed E-state index contributed by atoms with van der Waals surface area (Å²) >= 11 is 0. The smallest absolute Gasteiger partial charge is 0.197 e. The van der Waals surface area contributed by atoms with Crippen molar-refractivity contribution in [1.29, 1.82) is 0 Å². The number of aliphatic hydroxyl groups excluding tert-OH is 1. The van der Waals surface area contributed by atoms with E-state index in [0.29, 0.717) is 17.3 Å². The minimum absolute atomic E-state index is 0.138. The molecule has 0 aliphatic carbocycles. The highest BCUT2D eigenvalue weighted by atomic mass is 16.4. The average molecular weight is 356 g/mol. The molecule has 0 aromatic carbocycles. The van der Waals surface area contributed by atoms with E-state index in [2.05, 4.69) is 45.0 Å². The van der Waals surface area contributed by atoms with Crippen molar-refractivity contribution in [2.45, 2.75) is 60.1 Å². The first-order valence-corrected chi connectivity index (χ1v) is 8.92. The number of aryl methyl sites for hydroxylation is 1. The van der Waals surface area contributed by atoms with Gasteiger partial charge in [-0.3, -0.25) is 0 Å². The fourth-order valence-electron chi connectivity index (χ4n) is 3.62. The Morgan fingerprint density at radius 3 is 2.50 bits per heavy atom. The van der Waals surface area contributed by atoms with E-state index in [4.69, 9.17) is 9.40 Å². The number of imidazole rings is 1. The Hall–Kier alpha value is -2.34. The fourth-order valence-corrected chi connectivity index (χ4v) is 3.62. The van der Waals surface area contributed by atoms with E-state index in [9.17, 15) is 5.11 Å². The molecule has 6 heteroatoms. The summed E-state index contributed by atoms with van der Waals surface area (Å²) in [6, 6.07) is 5.54. The van der Waals surface area contributed by atoms with Gasteiger partial charge in [0.05, 0.1) is 0 Å². The van der Waals surface area contributed by atoms with Crippen LogP contribution in [0.2, 0.25) is 0 Å². The van der Waals surface area contributed by atoms with E-state index in [0.717, 1.165) is 23.1 Å². The van der Waals surface area contributed by atoms with Gasteiger partial charge in [0, 0.05) is 11.7 Å². The highest BCUT2D eigenvalue weighted by Crippen LogP contribution is 2.31. The number of furan rings is 1. The summed E-state index contributed by atoms with van der Waals surface area (Å²) in [5.74, 6) is 1.77. The van der Waals surface area contributed by atoms with E-state index < -0.39 is 0 Å². The number of nitrogens with zero attached hydrogens (tertiary/aromatic N) is 3. The van der Waals surface area contributed by atoms with Crippen LogP contribution in [0.15, 0.2) is 28.8 Å². The molecule has 26 heavy (non-hydrogen) atoms. The Bertz CT molecular complexity index is 916. The first kappa shape index (κ1) is 18.5. The van der Waals surface area contributed by atoms with Crippen molar-refractivity contribution in [3.05, 3.63) is 35.7 Å². The predicted octanol–water partition coefficient (Wildman–Crippen LogP) is 4.25. The highest BCUT2D eigenvalue weighted by molar-refractivity contribution is 5.79. The van der Waals surface area contributed by atoms with Crippen LogP contribution in [0.4, 0.5) is 0 Å². The summed E-state index contributed by atoms with van der Waals surface area (Å²) in [4.78, 5) is 9.32. The molecular weight excluding hydrogens is 328 g/mol. The van der Waals surface area contributed by atoms with Crippen LogP contribution in [0.1, 0.15) is 52.4 Å². The van der Waals surface area contributed by atoms with Gasteiger partial charge in [0.2, 0.25) is 0 Å². The average Bonchev–Trinajstić information content (AvgIpc) is 3.10. The maximum Gasteiger partial charge on any atom is 0.197 e. The molecular formula is C20H28N4O2. The number of pyridine rings is 1. The maximum absolute atomic E-state index is 9.32. The van der Waals surface area contributed by atoms with Crippen LogP contribution in [0.25, 0.3) is 22.7 Å². The Balaban J connectivity index is 2.12. The van der Waals surface area contributed by atoms with Gasteiger partial charge in [-0.15, -0.1) is 0 Å². The molecule has 0 unspecified atom stereocenters. The lowest BCUT2D eigenvalue weighted by molar-refractivity contribution is 0.248. The predicted molar refractivity (Wildman–Crippen MR) is 103 cm³/mol. The van der Waals surface area contributed by atoms with Crippen molar-refractivity contribution in [3.8, 4) is 11.6 Å². The second-order valence-electron chi connectivity index (χ2n) is 8.73. The van der Waals surface area contributed by atoms with Gasteiger partial charge in [-0.1, -0.05) is 20.8 Å². The second kappa shape index (κ2) is 6.43. The van der Waals surface area contributed by atoms with Crippen LogP contribution in [-0.4, -0.2) is 25.3 Å². The van der Waals surface area contributed by atoms with Gasteiger partial charge in [-0.25, -0.2) is 14.6 Å². The summed E-state index contributed by atoms with van der Waals surface area (Å²) in [6.45, 7) is 12.9. The fraction of sp³-hybridized carbons (Fsp3) is 0.500. The van der Waals surface area contributed by atoms with Crippen molar-refractivity contribution >= 4 is 11.2 Å². The molecule has 6 nitrogen and oxygen atoms in total. The Morgan fingerprint density at radius 2 is 1.88 bits per heavy atom. The topological polar surface area (TPSA) is 76.1 Å². The van der Waals surface area contributed by atoms with Crippen LogP contribution in [0.5, 0.6) is 0 Å². The lowest BCUT2D eigenvalue weighted by Crippen LogP contribution is -2.41. The van der Waals surface area contributed by atoms with Crippen LogP contribution in [0, 0.1) is 12.3 Å². The lowest BCUT2D eigenvalue weighted by atomic mass is 9.82. The van der Waals surface area contributed by atoms with Gasteiger partial charge < -0.3 is 14.9 Å². The molecule has 0 aliphatic heterocycles. The summed E-state index contributed by atoms with van der Waals surface area (Å²) in [5, 5.41) is 9.32. The van der Waals surface area contributed by atoms with Crippen LogP contribution in [0.3, 0.4) is 0 Å². The minimum Gasteiger partial charge on any atom is -0.455 e. The van der Waals surface area contributed by atoms with E-state index in [1.807, 2.05) is 23.7 Å². The molecule has 0 aliphatic rings. The number of fused-ring (bicyclic) bond motifs is 1. The molecule has 2 N–H and O–H groups in total. The number of rotatable bonds is 5. The lowest BCUT2D eigenvalue weighted by Gasteiger charge is -2.34. The third kappa shape index (κ3) is 3.75. The molecule has 3 aromatic rings. The molecule has 0 saturated heterocycles. The Labute approximate surface area is 154 Å². The van der Waals surface area contributed by atoms with Gasteiger partial charge in [-0.05, 0) is 56.4 Å². The minimum atomic E-state index is -0.182. The van der Waals surface area contributed by atoms with Gasteiger partial charge in [-0.2, -0.15) is 0 Å². The van der Waals surface area contributed by atoms with Crippen LogP contribution < -0.4 is 5.43 Å². The number of nitrogens with one attached hydrogen (secondary N) is 1. The monoisotopic (exact) mass is 356 g/mol. The molecule has 0 saturated carbocycles. The highest BCUT2D eigenvalue weighted by Gasteiger charge is 2.28. The van der Waals surface area contributed by atoms with Gasteiger partial charge in [0.25, 0.3) is 0 Å². The SMILES string of the molecule is Cc1ccnc2c1nc(-c1ccc(CO)o1)n2NC(C)(C)CC(C)(C)C. The standard InChI is InChI=1S/C20H28N4O2/c1-13-9-10-21-18-16(13)22-17(15-8-7-14(11-25)26-15)24(18)23-20(5,6)12-19(2,3)4/h7-10,23,25H,11-12H2,1-6H3. The van der Waals surface area contributed by atoms with E-state index in [1.54, 1.807) is 12.3 Å². The number of hydrogen-bond acceptors (Lipinski definition) is 5. The molecule has 0 spiro atoms. The van der Waals surface area contributed by atoms with E-state index in [-0.39, 0.29) is 17.6 Å². The van der Waals surface area contributed by atoms with Crippen molar-refractivity contribution < 1.29 is 9.52 Å². The first-order valence-electron chi connectivity index (χ1n) is 8.92. The largest absolute Gasteiger partial charge is 0.455 e. The van der Waals surface area contributed by atoms with Crippen LogP contribution in [-0.2, 0) is 6.61 Å². The molecule has 3 aromatic heterocycles. The Kier molecular flexibility index (Phi) is 4.56. The van der Waals surface area contributed by atoms with Gasteiger partial charge in [0.15, 0.2) is 17.2 Å². The van der Waals surface area contributed by atoms with Crippen LogP contribution >= 0.6 is 0 Å². The van der Waals surface area contributed by atoms with Gasteiger partial charge >= 0.3 is 0 Å². The third-order valence-corrected chi connectivity index (χ3v) is 4.17. The quantitative estimate of drug-likeness (QED) is 0.715. The molecule has 3 rings (SSSR count). The van der Waals surface area contributed by atoms with Gasteiger partial charge in [0.1, 0.15) is 17.9 Å². The number of aliphatic hydroxyl groups is 1. The van der Waals surface area contributed by atoms with Crippen molar-refractivity contribution in [2.24, 2.45) is 5.41 Å². The maximum atomic E-state index is 9.32. The van der Waals surface area contributed by atoms with Crippen molar-refractivity contribution in [2.75, 3.05) is 5.43 Å².